The molecule has 0 bridgehead atoms. The van der Waals surface area contributed by atoms with Crippen LogP contribution < -0.4 is 15.8 Å². The van der Waals surface area contributed by atoms with Crippen LogP contribution in [0.15, 0.2) is 58.4 Å². The third kappa shape index (κ3) is 4.01. The van der Waals surface area contributed by atoms with Crippen LogP contribution in [0.2, 0.25) is 0 Å². The number of hydrogen-bond donors (Lipinski definition) is 1. The molecule has 142 valence electrons. The summed E-state index contributed by atoms with van der Waals surface area (Å²) in [6.07, 6.45) is 1.16. The standard InChI is InChI=1S/C18H15N5O5/c1-12-20-15-8-4-3-7-14(15)18(25)22(12)28-11-17(24)21-19-10-13-6-2-5-9-16(13)23(26)27/h2-10H,11H2,1H3,(H,21,24)/b19-10+. The van der Waals surface area contributed by atoms with Gasteiger partial charge in [0.15, 0.2) is 6.61 Å². The van der Waals surface area contributed by atoms with Crippen LogP contribution in [0.5, 0.6) is 0 Å². The minimum absolute atomic E-state index is 0.138. The van der Waals surface area contributed by atoms with Crippen LogP contribution in [-0.2, 0) is 4.79 Å². The molecular formula is C18H15N5O5. The molecule has 3 aromatic rings. The quantitative estimate of drug-likeness (QED) is 0.388. The molecule has 0 aliphatic heterocycles. The fourth-order valence-electron chi connectivity index (χ4n) is 2.47. The van der Waals surface area contributed by atoms with Crippen molar-refractivity contribution in [2.45, 2.75) is 6.92 Å². The van der Waals surface area contributed by atoms with Gasteiger partial charge in [-0.3, -0.25) is 19.7 Å². The molecule has 0 fully saturated rings. The van der Waals surface area contributed by atoms with Crippen LogP contribution in [0.25, 0.3) is 10.9 Å². The van der Waals surface area contributed by atoms with E-state index in [1.54, 1.807) is 37.3 Å². The summed E-state index contributed by atoms with van der Waals surface area (Å²) in [5.41, 5.74) is 2.39. The van der Waals surface area contributed by atoms with Crippen LogP contribution >= 0.6 is 0 Å². The highest BCUT2D eigenvalue weighted by Gasteiger charge is 2.12. The number of fused-ring (bicyclic) bond motifs is 1. The monoisotopic (exact) mass is 381 g/mol. The van der Waals surface area contributed by atoms with Crippen molar-refractivity contribution in [1.82, 2.24) is 15.1 Å². The molecule has 0 radical (unpaired) electrons. The van der Waals surface area contributed by atoms with Gasteiger partial charge < -0.3 is 4.84 Å². The molecule has 1 aromatic heterocycles. The normalized spacial score (nSPS) is 10.9. The molecule has 3 rings (SSSR count). The predicted octanol–water partition coefficient (Wildman–Crippen LogP) is 1.19. The predicted molar refractivity (Wildman–Crippen MR) is 101 cm³/mol. The van der Waals surface area contributed by atoms with Crippen molar-refractivity contribution in [3.63, 3.8) is 0 Å². The van der Waals surface area contributed by atoms with E-state index < -0.39 is 23.0 Å². The number of benzene rings is 2. The molecule has 0 atom stereocenters. The van der Waals surface area contributed by atoms with Gasteiger partial charge in [-0.15, -0.1) is 4.73 Å². The molecule has 1 amide bonds. The average Bonchev–Trinajstić information content (AvgIpc) is 2.68. The number of carbonyl (C=O) groups is 1. The Hall–Kier alpha value is -4.08. The second-order valence-electron chi connectivity index (χ2n) is 5.66. The van der Waals surface area contributed by atoms with Crippen LogP contribution in [-0.4, -0.2) is 33.4 Å². The summed E-state index contributed by atoms with van der Waals surface area (Å²) >= 11 is 0. The van der Waals surface area contributed by atoms with E-state index in [0.717, 1.165) is 10.9 Å². The summed E-state index contributed by atoms with van der Waals surface area (Å²) < 4.78 is 0.938. The molecule has 0 aliphatic rings. The molecule has 0 saturated heterocycles. The first kappa shape index (κ1) is 18.7. The molecule has 2 aromatic carbocycles. The lowest BCUT2D eigenvalue weighted by molar-refractivity contribution is -0.385. The Balaban J connectivity index is 1.66. The Morgan fingerprint density at radius 2 is 2.00 bits per heavy atom. The summed E-state index contributed by atoms with van der Waals surface area (Å²) in [7, 11) is 0. The molecule has 10 nitrogen and oxygen atoms in total. The van der Waals surface area contributed by atoms with Crippen molar-refractivity contribution in [2.24, 2.45) is 5.10 Å². The maximum atomic E-state index is 12.4. The summed E-state index contributed by atoms with van der Waals surface area (Å²) in [4.78, 5) is 44.2. The Labute approximate surface area is 158 Å². The molecule has 1 heterocycles. The summed E-state index contributed by atoms with van der Waals surface area (Å²) in [5.74, 6) is -0.353. The van der Waals surface area contributed by atoms with Crippen molar-refractivity contribution >= 4 is 28.7 Å². The average molecular weight is 381 g/mol. The number of hydrazone groups is 1. The van der Waals surface area contributed by atoms with E-state index in [4.69, 9.17) is 4.84 Å². The van der Waals surface area contributed by atoms with Crippen molar-refractivity contribution in [1.29, 1.82) is 0 Å². The number of nitrogens with one attached hydrogen (secondary N) is 1. The van der Waals surface area contributed by atoms with Gasteiger partial charge in [0.05, 0.1) is 27.6 Å². The minimum Gasteiger partial charge on any atom is -0.399 e. The first-order valence-electron chi connectivity index (χ1n) is 8.14. The molecule has 0 saturated carbocycles. The number of hydrogen-bond acceptors (Lipinski definition) is 7. The minimum atomic E-state index is -0.644. The molecule has 0 spiro atoms. The zero-order valence-electron chi connectivity index (χ0n) is 14.7. The second-order valence-corrected chi connectivity index (χ2v) is 5.66. The zero-order chi connectivity index (χ0) is 20.1. The molecule has 1 N–H and O–H groups in total. The maximum absolute atomic E-state index is 12.4. The van der Waals surface area contributed by atoms with Crippen LogP contribution in [0, 0.1) is 17.0 Å². The Morgan fingerprint density at radius 3 is 2.79 bits per heavy atom. The largest absolute Gasteiger partial charge is 0.399 e. The number of amides is 1. The Kier molecular flexibility index (Phi) is 5.40. The highest BCUT2D eigenvalue weighted by molar-refractivity contribution is 5.86. The van der Waals surface area contributed by atoms with Crippen molar-refractivity contribution in [3.8, 4) is 0 Å². The lowest BCUT2D eigenvalue weighted by Crippen LogP contribution is -2.35. The highest BCUT2D eigenvalue weighted by atomic mass is 16.7. The number of nitro groups is 1. The van der Waals surface area contributed by atoms with E-state index in [2.05, 4.69) is 15.5 Å². The van der Waals surface area contributed by atoms with Gasteiger partial charge in [0, 0.05) is 6.07 Å². The smallest absolute Gasteiger partial charge is 0.294 e. The van der Waals surface area contributed by atoms with Gasteiger partial charge in [-0.25, -0.2) is 10.4 Å². The van der Waals surface area contributed by atoms with Gasteiger partial charge in [-0.05, 0) is 25.1 Å². The molecule has 28 heavy (non-hydrogen) atoms. The van der Waals surface area contributed by atoms with Crippen molar-refractivity contribution < 1.29 is 14.6 Å². The molecule has 0 aliphatic carbocycles. The maximum Gasteiger partial charge on any atom is 0.294 e. The number of nitro benzene ring substituents is 1. The summed E-state index contributed by atoms with van der Waals surface area (Å²) in [5, 5.41) is 15.0. The fraction of sp³-hybridized carbons (Fsp3) is 0.111. The van der Waals surface area contributed by atoms with E-state index in [-0.39, 0.29) is 11.3 Å². The van der Waals surface area contributed by atoms with E-state index >= 15 is 0 Å². The molecular weight excluding hydrogens is 366 g/mol. The fourth-order valence-corrected chi connectivity index (χ4v) is 2.47. The molecule has 10 heteroatoms. The van der Waals surface area contributed by atoms with Gasteiger partial charge in [0.2, 0.25) is 0 Å². The van der Waals surface area contributed by atoms with E-state index in [9.17, 15) is 19.7 Å². The van der Waals surface area contributed by atoms with Crippen LogP contribution in [0.3, 0.4) is 0 Å². The second kappa shape index (κ2) is 8.08. The van der Waals surface area contributed by atoms with E-state index in [1.165, 1.54) is 18.2 Å². The Morgan fingerprint density at radius 1 is 1.29 bits per heavy atom. The number of carbonyl (C=O) groups excluding carboxylic acids is 1. The SMILES string of the molecule is Cc1nc2ccccc2c(=O)n1OCC(=O)N/N=C/c1ccccc1[N+](=O)[O-]. The number of nitrogens with zero attached hydrogens (tertiary/aromatic N) is 4. The van der Waals surface area contributed by atoms with E-state index in [1.807, 2.05) is 0 Å². The van der Waals surface area contributed by atoms with Gasteiger partial charge in [-0.2, -0.15) is 5.10 Å². The first-order chi connectivity index (χ1) is 13.5. The number of para-hydroxylation sites is 2. The van der Waals surface area contributed by atoms with Crippen molar-refractivity contribution in [2.75, 3.05) is 6.61 Å². The third-order valence-corrected chi connectivity index (χ3v) is 3.75. The summed E-state index contributed by atoms with van der Waals surface area (Å²) in [6, 6.07) is 12.7. The van der Waals surface area contributed by atoms with Crippen LogP contribution in [0.4, 0.5) is 5.69 Å². The lowest BCUT2D eigenvalue weighted by Gasteiger charge is -2.11. The number of aromatic nitrogens is 2. The third-order valence-electron chi connectivity index (χ3n) is 3.75. The number of rotatable bonds is 6. The van der Waals surface area contributed by atoms with Crippen molar-refractivity contribution in [3.05, 3.63) is 80.4 Å². The van der Waals surface area contributed by atoms with Gasteiger partial charge in [0.25, 0.3) is 17.2 Å². The zero-order valence-corrected chi connectivity index (χ0v) is 14.7. The van der Waals surface area contributed by atoms with E-state index in [0.29, 0.717) is 16.7 Å². The first-order valence-corrected chi connectivity index (χ1v) is 8.14. The van der Waals surface area contributed by atoms with Gasteiger partial charge in [-0.1, -0.05) is 24.3 Å². The summed E-state index contributed by atoms with van der Waals surface area (Å²) in [6.45, 7) is 1.09. The number of aryl methyl sites for hydroxylation is 1. The van der Waals surface area contributed by atoms with Gasteiger partial charge >= 0.3 is 0 Å². The highest BCUT2D eigenvalue weighted by Crippen LogP contribution is 2.15. The lowest BCUT2D eigenvalue weighted by atomic mass is 10.2. The Bertz CT molecular complexity index is 1140. The van der Waals surface area contributed by atoms with Crippen LogP contribution in [0.1, 0.15) is 11.4 Å². The topological polar surface area (TPSA) is 129 Å². The molecule has 0 unspecified atom stereocenters. The van der Waals surface area contributed by atoms with Gasteiger partial charge in [0.1, 0.15) is 5.82 Å².